The van der Waals surface area contributed by atoms with Crippen LogP contribution in [-0.2, 0) is 12.1 Å². The van der Waals surface area contributed by atoms with Crippen LogP contribution in [0.25, 0.3) is 11.0 Å². The van der Waals surface area contributed by atoms with Crippen LogP contribution in [0.2, 0.25) is 0 Å². The van der Waals surface area contributed by atoms with E-state index in [2.05, 4.69) is 5.32 Å². The van der Waals surface area contributed by atoms with Crippen molar-refractivity contribution >= 4 is 16.9 Å². The average molecular weight is 494 g/mol. The van der Waals surface area contributed by atoms with Crippen LogP contribution in [-0.4, -0.2) is 44.7 Å². The summed E-state index contributed by atoms with van der Waals surface area (Å²) in [5, 5.41) is 24.7. The number of halogens is 2. The number of fused-ring (bicyclic) bond motifs is 1. The van der Waals surface area contributed by atoms with Gasteiger partial charge in [0.2, 0.25) is 6.43 Å². The molecule has 0 aliphatic rings. The Balaban J connectivity index is 1.71. The van der Waals surface area contributed by atoms with Gasteiger partial charge in [-0.15, -0.1) is 0 Å². The summed E-state index contributed by atoms with van der Waals surface area (Å²) in [5.74, 6) is -0.00263. The first-order valence-electron chi connectivity index (χ1n) is 11.9. The summed E-state index contributed by atoms with van der Waals surface area (Å²) in [7, 11) is 0. The fourth-order valence-electron chi connectivity index (χ4n) is 4.38. The highest BCUT2D eigenvalue weighted by molar-refractivity contribution is 5.97. The Hall–Kier alpha value is -3.62. The molecule has 3 N–H and O–H groups in total. The first-order chi connectivity index (χ1) is 17.3. The van der Waals surface area contributed by atoms with Crippen molar-refractivity contribution in [3.8, 4) is 0 Å². The maximum Gasteiger partial charge on any atom is 0.251 e. The summed E-state index contributed by atoms with van der Waals surface area (Å²) in [6, 6.07) is 23.6. The van der Waals surface area contributed by atoms with E-state index in [1.807, 2.05) is 72.2 Å². The number of nitrogens with one attached hydrogen (secondary N) is 1. The predicted octanol–water partition coefficient (Wildman–Crippen LogP) is 4.48. The van der Waals surface area contributed by atoms with Gasteiger partial charge in [0.25, 0.3) is 5.91 Å². The van der Waals surface area contributed by atoms with Crippen molar-refractivity contribution < 1.29 is 23.8 Å². The highest BCUT2D eigenvalue weighted by Gasteiger charge is 2.38. The van der Waals surface area contributed by atoms with Crippen molar-refractivity contribution in [3.05, 3.63) is 101 Å². The lowest BCUT2D eigenvalue weighted by molar-refractivity contribution is 0.0842. The number of imidazole rings is 1. The molecule has 36 heavy (non-hydrogen) atoms. The summed E-state index contributed by atoms with van der Waals surface area (Å²) in [5.41, 5.74) is 1.42. The zero-order chi connectivity index (χ0) is 25.7. The van der Waals surface area contributed by atoms with Gasteiger partial charge in [0.05, 0.1) is 17.1 Å². The number of aromatic nitrogens is 2. The van der Waals surface area contributed by atoms with Gasteiger partial charge in [-0.1, -0.05) is 60.7 Å². The van der Waals surface area contributed by atoms with Crippen molar-refractivity contribution in [2.45, 2.75) is 44.4 Å². The Morgan fingerprint density at radius 3 is 2.17 bits per heavy atom. The summed E-state index contributed by atoms with van der Waals surface area (Å²) in [4.78, 5) is 17.5. The van der Waals surface area contributed by atoms with Crippen LogP contribution in [0.15, 0.2) is 78.9 Å². The van der Waals surface area contributed by atoms with E-state index in [0.717, 1.165) is 0 Å². The molecule has 0 radical (unpaired) electrons. The van der Waals surface area contributed by atoms with E-state index >= 15 is 0 Å². The summed E-state index contributed by atoms with van der Waals surface area (Å²) in [6.07, 6.45) is -4.06. The average Bonchev–Trinajstić information content (AvgIpc) is 3.29. The minimum atomic E-state index is -2.49. The SMILES string of the molecule is CCn1c(C(O)(c2ccccc2)c2ccccc2)nc2ccc(C(=O)NC[C@H](O)CCC(F)F)cc21. The number of nitrogens with zero attached hydrogens (tertiary/aromatic N) is 2. The molecule has 1 heterocycles. The Bertz CT molecular complexity index is 1270. The standard InChI is InChI=1S/C28H29F2N3O3/c1-2-33-24-17-19(26(35)31-18-22(34)14-16-25(29)30)13-15-23(24)32-27(33)28(36,20-9-5-3-6-10-20)21-11-7-4-8-12-21/h3-13,15,17,22,25,34,36H,2,14,16,18H2,1H3,(H,31,35)/t22-/m1/s1. The number of aliphatic hydroxyl groups is 2. The molecule has 3 aromatic carbocycles. The van der Waals surface area contributed by atoms with Crippen molar-refractivity contribution in [2.75, 3.05) is 6.54 Å². The third-order valence-electron chi connectivity index (χ3n) is 6.25. The molecule has 4 aromatic rings. The van der Waals surface area contributed by atoms with E-state index in [0.29, 0.717) is 40.1 Å². The molecule has 0 spiro atoms. The maximum absolute atomic E-state index is 12.7. The molecule has 8 heteroatoms. The molecular formula is C28H29F2N3O3. The van der Waals surface area contributed by atoms with Gasteiger partial charge in [-0.05, 0) is 42.7 Å². The smallest absolute Gasteiger partial charge is 0.251 e. The number of rotatable bonds is 10. The van der Waals surface area contributed by atoms with Crippen molar-refractivity contribution in [1.29, 1.82) is 0 Å². The van der Waals surface area contributed by atoms with E-state index in [9.17, 15) is 23.8 Å². The monoisotopic (exact) mass is 493 g/mol. The molecule has 188 valence electrons. The summed E-state index contributed by atoms with van der Waals surface area (Å²) in [6.45, 7) is 2.31. The van der Waals surface area contributed by atoms with Crippen LogP contribution in [0.3, 0.4) is 0 Å². The van der Waals surface area contributed by atoms with Crippen molar-refractivity contribution in [1.82, 2.24) is 14.9 Å². The number of benzene rings is 3. The van der Waals surface area contributed by atoms with Crippen LogP contribution >= 0.6 is 0 Å². The van der Waals surface area contributed by atoms with Gasteiger partial charge in [0, 0.05) is 25.1 Å². The Morgan fingerprint density at radius 1 is 1.00 bits per heavy atom. The molecule has 0 unspecified atom stereocenters. The maximum atomic E-state index is 12.7. The van der Waals surface area contributed by atoms with Crippen LogP contribution < -0.4 is 5.32 Å². The van der Waals surface area contributed by atoms with Gasteiger partial charge in [0.1, 0.15) is 0 Å². The molecule has 4 rings (SSSR count). The van der Waals surface area contributed by atoms with Gasteiger partial charge in [-0.3, -0.25) is 4.79 Å². The van der Waals surface area contributed by atoms with Gasteiger partial charge in [-0.25, -0.2) is 13.8 Å². The first-order valence-corrected chi connectivity index (χ1v) is 11.9. The zero-order valence-corrected chi connectivity index (χ0v) is 19.9. The van der Waals surface area contributed by atoms with Crippen LogP contribution in [0.1, 0.15) is 47.1 Å². The van der Waals surface area contributed by atoms with Crippen LogP contribution in [0, 0.1) is 0 Å². The second kappa shape index (κ2) is 11.0. The molecule has 1 atom stereocenters. The molecule has 0 aliphatic heterocycles. The highest BCUT2D eigenvalue weighted by Crippen LogP contribution is 2.37. The van der Waals surface area contributed by atoms with Crippen molar-refractivity contribution in [2.24, 2.45) is 0 Å². The normalized spacial score (nSPS) is 12.7. The van der Waals surface area contributed by atoms with Gasteiger partial charge < -0.3 is 20.1 Å². The Kier molecular flexibility index (Phi) is 7.76. The quantitative estimate of drug-likeness (QED) is 0.304. The van der Waals surface area contributed by atoms with Gasteiger partial charge >= 0.3 is 0 Å². The van der Waals surface area contributed by atoms with Crippen LogP contribution in [0.5, 0.6) is 0 Å². The fourth-order valence-corrected chi connectivity index (χ4v) is 4.38. The lowest BCUT2D eigenvalue weighted by Crippen LogP contribution is -2.32. The van der Waals surface area contributed by atoms with E-state index < -0.39 is 30.5 Å². The second-order valence-electron chi connectivity index (χ2n) is 8.66. The number of alkyl halides is 2. The van der Waals surface area contributed by atoms with E-state index in [1.54, 1.807) is 18.2 Å². The number of hydrogen-bond donors (Lipinski definition) is 3. The minimum absolute atomic E-state index is 0.0967. The van der Waals surface area contributed by atoms with Gasteiger partial charge in [0.15, 0.2) is 11.4 Å². The fraction of sp³-hybridized carbons (Fsp3) is 0.286. The van der Waals surface area contributed by atoms with Crippen LogP contribution in [0.4, 0.5) is 8.78 Å². The second-order valence-corrected chi connectivity index (χ2v) is 8.66. The Labute approximate surface area is 208 Å². The molecule has 0 bridgehead atoms. The Morgan fingerprint density at radius 2 is 1.61 bits per heavy atom. The minimum Gasteiger partial charge on any atom is -0.391 e. The molecule has 1 amide bonds. The number of aryl methyl sites for hydroxylation is 1. The highest BCUT2D eigenvalue weighted by atomic mass is 19.3. The zero-order valence-electron chi connectivity index (χ0n) is 19.9. The van der Waals surface area contributed by atoms with E-state index in [-0.39, 0.29) is 13.0 Å². The third kappa shape index (κ3) is 5.15. The lowest BCUT2D eigenvalue weighted by Gasteiger charge is -2.29. The number of carbonyl (C=O) groups excluding carboxylic acids is 1. The molecule has 0 saturated carbocycles. The van der Waals surface area contributed by atoms with E-state index in [4.69, 9.17) is 4.98 Å². The first kappa shape index (κ1) is 25.5. The van der Waals surface area contributed by atoms with E-state index in [1.165, 1.54) is 0 Å². The topological polar surface area (TPSA) is 87.4 Å². The summed E-state index contributed by atoms with van der Waals surface area (Å²) >= 11 is 0. The largest absolute Gasteiger partial charge is 0.391 e. The third-order valence-corrected chi connectivity index (χ3v) is 6.25. The molecule has 0 aliphatic carbocycles. The molecule has 6 nitrogen and oxygen atoms in total. The number of carbonyl (C=O) groups is 1. The lowest BCUT2D eigenvalue weighted by atomic mass is 9.85. The molecule has 0 saturated heterocycles. The number of hydrogen-bond acceptors (Lipinski definition) is 4. The number of amides is 1. The molecule has 0 fully saturated rings. The summed E-state index contributed by atoms with van der Waals surface area (Å²) < 4.78 is 26.6. The van der Waals surface area contributed by atoms with Crippen molar-refractivity contribution in [3.63, 3.8) is 0 Å². The molecule has 1 aromatic heterocycles. The van der Waals surface area contributed by atoms with Gasteiger partial charge in [-0.2, -0.15) is 0 Å². The predicted molar refractivity (Wildman–Crippen MR) is 134 cm³/mol. The number of aliphatic hydroxyl groups excluding tert-OH is 1. The molecular weight excluding hydrogens is 464 g/mol.